The summed E-state index contributed by atoms with van der Waals surface area (Å²) in [4.78, 5) is 19.0. The molecule has 2 aliphatic rings. The third kappa shape index (κ3) is 4.38. The van der Waals surface area contributed by atoms with Gasteiger partial charge in [0.25, 0.3) is 0 Å². The number of fused-ring (bicyclic) bond motifs is 1. The minimum atomic E-state index is -0.380. The lowest BCUT2D eigenvalue weighted by Gasteiger charge is -2.36. The second-order valence-electron chi connectivity index (χ2n) is 8.96. The molecule has 3 aromatic rings. The Morgan fingerprint density at radius 3 is 2.79 bits per heavy atom. The summed E-state index contributed by atoms with van der Waals surface area (Å²) in [6, 6.07) is 9.83. The smallest absolute Gasteiger partial charge is 0.229 e. The molecule has 180 valence electrons. The molecule has 0 aliphatic carbocycles. The average molecular weight is 466 g/mol. The number of methoxy groups -OCH3 is 1. The fourth-order valence-corrected chi connectivity index (χ4v) is 4.74. The molecule has 9 heteroatoms. The molecule has 1 unspecified atom stereocenters. The van der Waals surface area contributed by atoms with E-state index in [2.05, 4.69) is 11.8 Å². The number of aromatic nitrogens is 3. The van der Waals surface area contributed by atoms with E-state index in [1.165, 1.54) is 0 Å². The second-order valence-corrected chi connectivity index (χ2v) is 8.96. The van der Waals surface area contributed by atoms with Crippen LogP contribution in [-0.2, 0) is 11.3 Å². The van der Waals surface area contributed by atoms with Crippen molar-refractivity contribution in [2.24, 2.45) is 0 Å². The molecule has 4 heterocycles. The number of aliphatic hydroxyl groups is 2. The molecule has 2 N–H and O–H groups in total. The minimum absolute atomic E-state index is 0.118. The van der Waals surface area contributed by atoms with Gasteiger partial charge in [0.2, 0.25) is 5.95 Å². The Labute approximate surface area is 199 Å². The molecule has 2 atom stereocenters. The van der Waals surface area contributed by atoms with Crippen LogP contribution in [0.15, 0.2) is 30.3 Å². The number of aliphatic hydroxyl groups excluding tert-OH is 2. The fraction of sp³-hybridized carbons (Fsp3) is 0.480. The lowest BCUT2D eigenvalue weighted by molar-refractivity contribution is 0.0987. The van der Waals surface area contributed by atoms with Gasteiger partial charge in [0.05, 0.1) is 50.2 Å². The number of pyridine rings is 1. The van der Waals surface area contributed by atoms with Gasteiger partial charge >= 0.3 is 0 Å². The van der Waals surface area contributed by atoms with Crippen molar-refractivity contribution in [3.63, 3.8) is 0 Å². The maximum Gasteiger partial charge on any atom is 0.229 e. The third-order valence-electron chi connectivity index (χ3n) is 6.59. The maximum absolute atomic E-state index is 10.2. The number of hydrogen-bond donors (Lipinski definition) is 2. The number of piperidine rings is 1. The molecule has 1 aromatic carbocycles. The summed E-state index contributed by atoms with van der Waals surface area (Å²) in [6.45, 7) is 5.37. The van der Waals surface area contributed by atoms with Crippen LogP contribution in [0, 0.1) is 0 Å². The Balaban J connectivity index is 1.62. The summed E-state index contributed by atoms with van der Waals surface area (Å²) in [5.74, 6) is 2.08. The Morgan fingerprint density at radius 2 is 2.03 bits per heavy atom. The monoisotopic (exact) mass is 465 g/mol. The van der Waals surface area contributed by atoms with Crippen LogP contribution in [0.25, 0.3) is 22.3 Å². The minimum Gasteiger partial charge on any atom is -0.496 e. The predicted molar refractivity (Wildman–Crippen MR) is 130 cm³/mol. The molecule has 0 radical (unpaired) electrons. The van der Waals surface area contributed by atoms with Crippen molar-refractivity contribution >= 4 is 22.8 Å². The van der Waals surface area contributed by atoms with Crippen molar-refractivity contribution in [1.29, 1.82) is 0 Å². The van der Waals surface area contributed by atoms with Crippen LogP contribution < -0.4 is 14.5 Å². The van der Waals surface area contributed by atoms with E-state index in [4.69, 9.17) is 24.4 Å². The maximum atomic E-state index is 10.2. The Bertz CT molecular complexity index is 1170. The van der Waals surface area contributed by atoms with Crippen LogP contribution in [-0.4, -0.2) is 77.3 Å². The van der Waals surface area contributed by atoms with Gasteiger partial charge in [-0.2, -0.15) is 9.97 Å². The van der Waals surface area contributed by atoms with E-state index in [0.29, 0.717) is 42.7 Å². The van der Waals surface area contributed by atoms with Gasteiger partial charge in [-0.15, -0.1) is 0 Å². The Kier molecular flexibility index (Phi) is 6.49. The Hall–Kier alpha value is -3.01. The molecule has 34 heavy (non-hydrogen) atoms. The SMILES string of the molecule is COc1ccc(-c2ccc3c(N4CCOC[C@@H]4C)nc(N4CCCC(O)C4)nc3n2)cc1CO. The number of β-amino-alcohol motifs (C(OH)–C–C–N with tert-alkyl or cyclic N) is 1. The van der Waals surface area contributed by atoms with Crippen molar-refractivity contribution in [1.82, 2.24) is 15.0 Å². The van der Waals surface area contributed by atoms with Gasteiger partial charge in [-0.3, -0.25) is 0 Å². The van der Waals surface area contributed by atoms with Crippen LogP contribution in [0.1, 0.15) is 25.3 Å². The molecule has 0 saturated carbocycles. The van der Waals surface area contributed by atoms with Gasteiger partial charge < -0.3 is 29.5 Å². The van der Waals surface area contributed by atoms with E-state index < -0.39 is 0 Å². The van der Waals surface area contributed by atoms with Crippen LogP contribution >= 0.6 is 0 Å². The molecular formula is C25H31N5O4. The molecule has 2 fully saturated rings. The molecular weight excluding hydrogens is 434 g/mol. The van der Waals surface area contributed by atoms with Gasteiger partial charge in [0, 0.05) is 30.8 Å². The summed E-state index contributed by atoms with van der Waals surface area (Å²) in [7, 11) is 1.59. The first-order chi connectivity index (χ1) is 16.6. The van der Waals surface area contributed by atoms with Crippen LogP contribution in [0.4, 0.5) is 11.8 Å². The zero-order chi connectivity index (χ0) is 23.7. The van der Waals surface area contributed by atoms with E-state index in [0.717, 1.165) is 48.4 Å². The number of rotatable bonds is 5. The van der Waals surface area contributed by atoms with Gasteiger partial charge in [0.1, 0.15) is 11.6 Å². The largest absolute Gasteiger partial charge is 0.496 e. The van der Waals surface area contributed by atoms with E-state index in [9.17, 15) is 10.2 Å². The third-order valence-corrected chi connectivity index (χ3v) is 6.59. The van der Waals surface area contributed by atoms with Crippen LogP contribution in [0.3, 0.4) is 0 Å². The predicted octanol–water partition coefficient (Wildman–Crippen LogP) is 2.38. The van der Waals surface area contributed by atoms with Crippen molar-refractivity contribution in [2.45, 2.75) is 38.5 Å². The summed E-state index contributed by atoms with van der Waals surface area (Å²) in [5, 5.41) is 20.9. The van der Waals surface area contributed by atoms with E-state index in [1.54, 1.807) is 7.11 Å². The van der Waals surface area contributed by atoms with E-state index in [1.807, 2.05) is 35.2 Å². The molecule has 2 saturated heterocycles. The number of anilines is 2. The summed E-state index contributed by atoms with van der Waals surface area (Å²) in [6.07, 6.45) is 1.31. The first-order valence-corrected chi connectivity index (χ1v) is 11.8. The Morgan fingerprint density at radius 1 is 1.15 bits per heavy atom. The van der Waals surface area contributed by atoms with Gasteiger partial charge in [0.15, 0.2) is 5.65 Å². The van der Waals surface area contributed by atoms with E-state index in [-0.39, 0.29) is 18.8 Å². The highest BCUT2D eigenvalue weighted by atomic mass is 16.5. The molecule has 0 spiro atoms. The number of ether oxygens (including phenoxy) is 2. The highest BCUT2D eigenvalue weighted by molar-refractivity contribution is 5.90. The second kappa shape index (κ2) is 9.69. The summed E-state index contributed by atoms with van der Waals surface area (Å²) < 4.78 is 11.0. The first kappa shape index (κ1) is 22.8. The van der Waals surface area contributed by atoms with Gasteiger partial charge in [-0.25, -0.2) is 4.98 Å². The average Bonchev–Trinajstić information content (AvgIpc) is 2.87. The molecule has 5 rings (SSSR count). The van der Waals surface area contributed by atoms with Gasteiger partial charge in [-0.05, 0) is 50.1 Å². The lowest BCUT2D eigenvalue weighted by Crippen LogP contribution is -2.45. The normalized spacial score (nSPS) is 21.2. The van der Waals surface area contributed by atoms with Crippen molar-refractivity contribution < 1.29 is 19.7 Å². The lowest BCUT2D eigenvalue weighted by atomic mass is 10.1. The molecule has 9 nitrogen and oxygen atoms in total. The zero-order valence-electron chi connectivity index (χ0n) is 19.6. The number of hydrogen-bond acceptors (Lipinski definition) is 9. The molecule has 2 aromatic heterocycles. The molecule has 0 bridgehead atoms. The number of nitrogens with zero attached hydrogens (tertiary/aromatic N) is 5. The molecule has 2 aliphatic heterocycles. The van der Waals surface area contributed by atoms with Crippen LogP contribution in [0.5, 0.6) is 5.75 Å². The van der Waals surface area contributed by atoms with Gasteiger partial charge in [-0.1, -0.05) is 0 Å². The highest BCUT2D eigenvalue weighted by Gasteiger charge is 2.26. The van der Waals surface area contributed by atoms with Crippen molar-refractivity contribution in [3.8, 4) is 17.0 Å². The number of morpholine rings is 1. The highest BCUT2D eigenvalue weighted by Crippen LogP contribution is 2.32. The number of benzene rings is 1. The fourth-order valence-electron chi connectivity index (χ4n) is 4.74. The van der Waals surface area contributed by atoms with Crippen LogP contribution in [0.2, 0.25) is 0 Å². The van der Waals surface area contributed by atoms with E-state index >= 15 is 0 Å². The summed E-state index contributed by atoms with van der Waals surface area (Å²) >= 11 is 0. The van der Waals surface area contributed by atoms with Crippen molar-refractivity contribution in [3.05, 3.63) is 35.9 Å². The van der Waals surface area contributed by atoms with Crippen molar-refractivity contribution in [2.75, 3.05) is 49.8 Å². The zero-order valence-corrected chi connectivity index (χ0v) is 19.6. The quantitative estimate of drug-likeness (QED) is 0.588. The standard InChI is InChI=1S/C25H31N5O4/c1-16-15-34-11-10-30(16)24-20-6-7-21(17-5-8-22(33-2)18(12-17)14-31)26-23(20)27-25(28-24)29-9-3-4-19(32)13-29/h5-8,12,16,19,31-32H,3-4,9-11,13-15H2,1-2H3/t16-,19?/m0/s1. The first-order valence-electron chi connectivity index (χ1n) is 11.8. The molecule has 0 amide bonds. The topological polar surface area (TPSA) is 104 Å². The summed E-state index contributed by atoms with van der Waals surface area (Å²) in [5.41, 5.74) is 2.95.